The van der Waals surface area contributed by atoms with Crippen LogP contribution in [0.2, 0.25) is 0 Å². The summed E-state index contributed by atoms with van der Waals surface area (Å²) in [6.45, 7) is 9.31. The second-order valence-electron chi connectivity index (χ2n) is 8.01. The Balaban J connectivity index is 1.53. The summed E-state index contributed by atoms with van der Waals surface area (Å²) >= 11 is 3.49. The molecule has 0 unspecified atom stereocenters. The van der Waals surface area contributed by atoms with Crippen LogP contribution in [0.3, 0.4) is 0 Å². The monoisotopic (exact) mass is 442 g/mol. The number of rotatable bonds is 6. The first-order valence-corrected chi connectivity index (χ1v) is 11.1. The van der Waals surface area contributed by atoms with Gasteiger partial charge >= 0.3 is 0 Å². The predicted molar refractivity (Wildman–Crippen MR) is 119 cm³/mol. The van der Waals surface area contributed by atoms with Gasteiger partial charge in [-0.15, -0.1) is 0 Å². The van der Waals surface area contributed by atoms with Crippen LogP contribution < -0.4 is 5.32 Å². The maximum atomic E-state index is 12.9. The summed E-state index contributed by atoms with van der Waals surface area (Å²) in [6.07, 6.45) is 2.79. The van der Waals surface area contributed by atoms with Gasteiger partial charge in [-0.05, 0) is 75.0 Å². The fraction of sp³-hybridized carbons (Fsp3) is 0.458. The molecule has 0 saturated carbocycles. The summed E-state index contributed by atoms with van der Waals surface area (Å²) in [5.41, 5.74) is 5.10. The van der Waals surface area contributed by atoms with E-state index in [0.717, 1.165) is 43.4 Å². The minimum Gasteiger partial charge on any atom is -0.349 e. The van der Waals surface area contributed by atoms with Gasteiger partial charge < -0.3 is 5.32 Å². The average molecular weight is 443 g/mol. The fourth-order valence-corrected chi connectivity index (χ4v) is 4.37. The number of halogens is 1. The highest BCUT2D eigenvalue weighted by molar-refractivity contribution is 9.10. The Kier molecular flexibility index (Phi) is 7.30. The van der Waals surface area contributed by atoms with Crippen molar-refractivity contribution in [2.24, 2.45) is 5.92 Å². The number of likely N-dealkylation sites (tertiary alicyclic amines) is 1. The molecule has 0 aliphatic carbocycles. The predicted octanol–water partition coefficient (Wildman–Crippen LogP) is 5.55. The van der Waals surface area contributed by atoms with Crippen LogP contribution in [-0.4, -0.2) is 23.9 Å². The molecule has 0 spiro atoms. The highest BCUT2D eigenvalue weighted by Crippen LogP contribution is 2.25. The lowest BCUT2D eigenvalue weighted by Gasteiger charge is -2.32. The van der Waals surface area contributed by atoms with Crippen LogP contribution in [0.1, 0.15) is 54.5 Å². The Morgan fingerprint density at radius 2 is 1.82 bits per heavy atom. The van der Waals surface area contributed by atoms with Gasteiger partial charge in [0.2, 0.25) is 5.91 Å². The first-order valence-electron chi connectivity index (χ1n) is 10.3. The Morgan fingerprint density at radius 3 is 2.43 bits per heavy atom. The third kappa shape index (κ3) is 5.45. The third-order valence-electron chi connectivity index (χ3n) is 5.80. The maximum absolute atomic E-state index is 12.9. The van der Waals surface area contributed by atoms with Crippen LogP contribution in [0.15, 0.2) is 46.9 Å². The van der Waals surface area contributed by atoms with E-state index < -0.39 is 0 Å². The van der Waals surface area contributed by atoms with Gasteiger partial charge in [0.1, 0.15) is 0 Å². The zero-order valence-corrected chi connectivity index (χ0v) is 18.8. The SMILES string of the molecule is CC[C@H](NC(=O)C1CCN(Cc2ccc(Br)cc2)CC1)c1ccc(C)cc1C. The molecule has 1 heterocycles. The van der Waals surface area contributed by atoms with E-state index in [1.54, 1.807) is 0 Å². The molecule has 1 aliphatic heterocycles. The van der Waals surface area contributed by atoms with E-state index in [1.807, 2.05) is 0 Å². The maximum Gasteiger partial charge on any atom is 0.223 e. The van der Waals surface area contributed by atoms with Crippen molar-refractivity contribution in [3.63, 3.8) is 0 Å². The van der Waals surface area contributed by atoms with Crippen LogP contribution in [0.5, 0.6) is 0 Å². The molecule has 2 aromatic rings. The van der Waals surface area contributed by atoms with E-state index in [1.165, 1.54) is 22.3 Å². The normalized spacial score (nSPS) is 16.7. The van der Waals surface area contributed by atoms with Crippen molar-refractivity contribution < 1.29 is 4.79 Å². The van der Waals surface area contributed by atoms with Gasteiger partial charge in [-0.25, -0.2) is 0 Å². The van der Waals surface area contributed by atoms with Gasteiger partial charge in [0, 0.05) is 16.9 Å². The van der Waals surface area contributed by atoms with Crippen LogP contribution in [0.4, 0.5) is 0 Å². The van der Waals surface area contributed by atoms with E-state index in [0.29, 0.717) is 0 Å². The molecule has 1 saturated heterocycles. The second kappa shape index (κ2) is 9.71. The smallest absolute Gasteiger partial charge is 0.223 e. The minimum atomic E-state index is 0.105. The van der Waals surface area contributed by atoms with Gasteiger partial charge in [0.15, 0.2) is 0 Å². The van der Waals surface area contributed by atoms with Crippen LogP contribution in [0, 0.1) is 19.8 Å². The Labute approximate surface area is 177 Å². The second-order valence-corrected chi connectivity index (χ2v) is 8.92. The molecule has 1 aliphatic rings. The quantitative estimate of drug-likeness (QED) is 0.635. The number of piperidine rings is 1. The molecule has 3 nitrogen and oxygen atoms in total. The summed E-state index contributed by atoms with van der Waals surface area (Å²) in [7, 11) is 0. The molecule has 1 atom stereocenters. The number of carbonyl (C=O) groups excluding carboxylic acids is 1. The summed E-state index contributed by atoms with van der Waals surface area (Å²) < 4.78 is 1.11. The molecular weight excluding hydrogens is 412 g/mol. The van der Waals surface area contributed by atoms with Crippen molar-refractivity contribution >= 4 is 21.8 Å². The number of benzene rings is 2. The largest absolute Gasteiger partial charge is 0.349 e. The number of nitrogens with one attached hydrogen (secondary N) is 1. The molecule has 4 heteroatoms. The van der Waals surface area contributed by atoms with Crippen molar-refractivity contribution in [2.75, 3.05) is 13.1 Å². The van der Waals surface area contributed by atoms with Crippen molar-refractivity contribution in [3.8, 4) is 0 Å². The van der Waals surface area contributed by atoms with Gasteiger partial charge in [-0.3, -0.25) is 9.69 Å². The first kappa shape index (κ1) is 21.1. The van der Waals surface area contributed by atoms with E-state index in [9.17, 15) is 4.79 Å². The molecule has 1 N–H and O–H groups in total. The number of hydrogen-bond donors (Lipinski definition) is 1. The van der Waals surface area contributed by atoms with Crippen LogP contribution in [0.25, 0.3) is 0 Å². The number of hydrogen-bond acceptors (Lipinski definition) is 2. The van der Waals surface area contributed by atoms with Gasteiger partial charge in [-0.1, -0.05) is 58.7 Å². The van der Waals surface area contributed by atoms with Gasteiger partial charge in [-0.2, -0.15) is 0 Å². The topological polar surface area (TPSA) is 32.3 Å². The lowest BCUT2D eigenvalue weighted by atomic mass is 9.93. The number of amides is 1. The third-order valence-corrected chi connectivity index (χ3v) is 6.33. The standard InChI is InChI=1S/C24H31BrN2O/c1-4-23(22-10-5-17(2)15-18(22)3)26-24(28)20-11-13-27(14-12-20)16-19-6-8-21(25)9-7-19/h5-10,15,20,23H,4,11-14,16H2,1-3H3,(H,26,28)/t23-/m0/s1. The Morgan fingerprint density at radius 1 is 1.14 bits per heavy atom. The molecule has 2 aromatic carbocycles. The van der Waals surface area contributed by atoms with Crippen molar-refractivity contribution in [1.29, 1.82) is 0 Å². The Bertz CT molecular complexity index is 795. The van der Waals surface area contributed by atoms with E-state index in [4.69, 9.17) is 0 Å². The highest BCUT2D eigenvalue weighted by Gasteiger charge is 2.26. The van der Waals surface area contributed by atoms with Crippen molar-refractivity contribution in [1.82, 2.24) is 10.2 Å². The number of nitrogens with zero attached hydrogens (tertiary/aromatic N) is 1. The molecule has 3 rings (SSSR count). The summed E-state index contributed by atoms with van der Waals surface area (Å²) in [4.78, 5) is 15.3. The average Bonchev–Trinajstić information content (AvgIpc) is 2.69. The molecule has 150 valence electrons. The lowest BCUT2D eigenvalue weighted by molar-refractivity contribution is -0.127. The summed E-state index contributed by atoms with van der Waals surface area (Å²) in [5, 5.41) is 3.32. The van der Waals surface area contributed by atoms with Gasteiger partial charge in [0.25, 0.3) is 0 Å². The molecule has 28 heavy (non-hydrogen) atoms. The molecular formula is C24H31BrN2O. The highest BCUT2D eigenvalue weighted by atomic mass is 79.9. The molecule has 0 bridgehead atoms. The van der Waals surface area contributed by atoms with Crippen LogP contribution >= 0.6 is 15.9 Å². The van der Waals surface area contributed by atoms with Crippen molar-refractivity contribution in [2.45, 2.75) is 52.6 Å². The van der Waals surface area contributed by atoms with Gasteiger partial charge in [0.05, 0.1) is 6.04 Å². The summed E-state index contributed by atoms with van der Waals surface area (Å²) in [5.74, 6) is 0.344. The molecule has 0 radical (unpaired) electrons. The number of carbonyl (C=O) groups is 1. The molecule has 0 aromatic heterocycles. The number of aryl methyl sites for hydroxylation is 2. The summed E-state index contributed by atoms with van der Waals surface area (Å²) in [6, 6.07) is 15.1. The van der Waals surface area contributed by atoms with Crippen LogP contribution in [-0.2, 0) is 11.3 Å². The van der Waals surface area contributed by atoms with Crippen molar-refractivity contribution in [3.05, 3.63) is 69.2 Å². The van der Waals surface area contributed by atoms with E-state index >= 15 is 0 Å². The minimum absolute atomic E-state index is 0.105. The molecule has 1 fully saturated rings. The zero-order chi connectivity index (χ0) is 20.1. The van der Waals surface area contributed by atoms with E-state index in [-0.39, 0.29) is 17.9 Å². The first-order chi connectivity index (χ1) is 13.5. The lowest BCUT2D eigenvalue weighted by Crippen LogP contribution is -2.41. The van der Waals surface area contributed by atoms with E-state index in [2.05, 4.69) is 89.4 Å². The fourth-order valence-electron chi connectivity index (χ4n) is 4.11. The molecule has 1 amide bonds. The zero-order valence-electron chi connectivity index (χ0n) is 17.2. The Hall–Kier alpha value is -1.65.